The van der Waals surface area contributed by atoms with Gasteiger partial charge >= 0.3 is 0 Å². The summed E-state index contributed by atoms with van der Waals surface area (Å²) in [4.78, 5) is 8.55. The number of fused-ring (bicyclic) bond motifs is 1. The third kappa shape index (κ3) is 1.64. The van der Waals surface area contributed by atoms with Gasteiger partial charge in [-0.05, 0) is 25.1 Å². The maximum absolute atomic E-state index is 13.7. The van der Waals surface area contributed by atoms with Gasteiger partial charge in [-0.25, -0.2) is 14.1 Å². The molecule has 0 saturated carbocycles. The van der Waals surface area contributed by atoms with Crippen molar-refractivity contribution in [3.8, 4) is 11.4 Å². The molecule has 2 aromatic heterocycles. The topological polar surface area (TPSA) is 43.6 Å². The summed E-state index contributed by atoms with van der Waals surface area (Å²) < 4.78 is 15.4. The van der Waals surface area contributed by atoms with Gasteiger partial charge in [0.1, 0.15) is 11.6 Å². The van der Waals surface area contributed by atoms with E-state index in [-0.39, 0.29) is 5.82 Å². The van der Waals surface area contributed by atoms with Crippen molar-refractivity contribution in [2.75, 3.05) is 0 Å². The number of benzene rings is 1. The predicted octanol–water partition coefficient (Wildman–Crippen LogP) is 2.48. The van der Waals surface area contributed by atoms with Gasteiger partial charge in [0.15, 0.2) is 5.82 Å². The third-order valence-corrected chi connectivity index (χ3v) is 2.80. The fourth-order valence-electron chi connectivity index (χ4n) is 2.00. The molecule has 0 saturated heterocycles. The van der Waals surface area contributed by atoms with E-state index in [2.05, 4.69) is 15.1 Å². The summed E-state index contributed by atoms with van der Waals surface area (Å²) in [6.45, 7) is 1.82. The summed E-state index contributed by atoms with van der Waals surface area (Å²) in [6.07, 6.45) is 1.69. The highest BCUT2D eigenvalue weighted by Crippen LogP contribution is 2.22. The maximum Gasteiger partial charge on any atom is 0.159 e. The molecule has 18 heavy (non-hydrogen) atoms. The van der Waals surface area contributed by atoms with Crippen LogP contribution in [-0.4, -0.2) is 19.7 Å². The number of hydrogen-bond donors (Lipinski definition) is 0. The van der Waals surface area contributed by atoms with Crippen molar-refractivity contribution in [1.82, 2.24) is 19.7 Å². The Morgan fingerprint density at radius 2 is 2.11 bits per heavy atom. The zero-order valence-electron chi connectivity index (χ0n) is 10.1. The summed E-state index contributed by atoms with van der Waals surface area (Å²) in [7, 11) is 1.81. The Morgan fingerprint density at radius 3 is 2.83 bits per heavy atom. The highest BCUT2D eigenvalue weighted by atomic mass is 19.1. The van der Waals surface area contributed by atoms with E-state index in [1.54, 1.807) is 36.1 Å². The molecule has 0 bridgehead atoms. The standard InChI is InChI=1S/C13H11FN4/c1-8-16-13(18(2)17-8)9-6-10-11(14)4-3-5-12(10)15-7-9/h3-7H,1-2H3. The summed E-state index contributed by atoms with van der Waals surface area (Å²) in [5, 5.41) is 4.67. The molecule has 0 N–H and O–H groups in total. The molecule has 1 aromatic carbocycles. The first-order valence-electron chi connectivity index (χ1n) is 5.57. The number of hydrogen-bond acceptors (Lipinski definition) is 3. The van der Waals surface area contributed by atoms with Crippen molar-refractivity contribution in [2.24, 2.45) is 7.05 Å². The van der Waals surface area contributed by atoms with Crippen LogP contribution in [0.1, 0.15) is 5.82 Å². The van der Waals surface area contributed by atoms with Crippen LogP contribution in [-0.2, 0) is 7.05 Å². The van der Waals surface area contributed by atoms with E-state index in [4.69, 9.17) is 0 Å². The van der Waals surface area contributed by atoms with Gasteiger partial charge in [-0.15, -0.1) is 0 Å². The lowest BCUT2D eigenvalue weighted by Crippen LogP contribution is -1.95. The second-order valence-corrected chi connectivity index (χ2v) is 4.14. The minimum Gasteiger partial charge on any atom is -0.255 e. The Hall–Kier alpha value is -2.30. The molecule has 5 heteroatoms. The molecule has 0 aliphatic carbocycles. The van der Waals surface area contributed by atoms with Crippen molar-refractivity contribution in [3.63, 3.8) is 0 Å². The van der Waals surface area contributed by atoms with Crippen LogP contribution in [0.4, 0.5) is 4.39 Å². The molecule has 90 valence electrons. The van der Waals surface area contributed by atoms with Crippen LogP contribution >= 0.6 is 0 Å². The Labute approximate surface area is 103 Å². The zero-order chi connectivity index (χ0) is 12.7. The molecule has 0 aliphatic heterocycles. The number of aromatic nitrogens is 4. The van der Waals surface area contributed by atoms with Crippen LogP contribution in [0.2, 0.25) is 0 Å². The first-order valence-corrected chi connectivity index (χ1v) is 5.57. The molecule has 0 atom stereocenters. The molecule has 4 nitrogen and oxygen atoms in total. The fraction of sp³-hybridized carbons (Fsp3) is 0.154. The molecule has 3 aromatic rings. The molecular weight excluding hydrogens is 231 g/mol. The lowest BCUT2D eigenvalue weighted by atomic mass is 10.1. The van der Waals surface area contributed by atoms with Crippen LogP contribution in [0, 0.1) is 12.7 Å². The second kappa shape index (κ2) is 3.87. The highest BCUT2D eigenvalue weighted by molar-refractivity contribution is 5.82. The lowest BCUT2D eigenvalue weighted by molar-refractivity contribution is 0.639. The summed E-state index contributed by atoms with van der Waals surface area (Å²) in [6, 6.07) is 6.61. The average Bonchev–Trinajstić information content (AvgIpc) is 2.69. The number of pyridine rings is 1. The van der Waals surface area contributed by atoms with E-state index < -0.39 is 0 Å². The molecule has 0 aliphatic rings. The van der Waals surface area contributed by atoms with Crippen LogP contribution < -0.4 is 0 Å². The van der Waals surface area contributed by atoms with Crippen molar-refractivity contribution < 1.29 is 4.39 Å². The van der Waals surface area contributed by atoms with Crippen LogP contribution in [0.15, 0.2) is 30.5 Å². The molecule has 0 fully saturated rings. The summed E-state index contributed by atoms with van der Waals surface area (Å²) >= 11 is 0. The molecule has 3 rings (SSSR count). The Morgan fingerprint density at radius 1 is 1.28 bits per heavy atom. The Bertz CT molecular complexity index is 733. The van der Waals surface area contributed by atoms with Crippen LogP contribution in [0.25, 0.3) is 22.3 Å². The number of halogens is 1. The Kier molecular flexibility index (Phi) is 2.33. The van der Waals surface area contributed by atoms with Crippen molar-refractivity contribution in [3.05, 3.63) is 42.1 Å². The van der Waals surface area contributed by atoms with Gasteiger partial charge in [0.25, 0.3) is 0 Å². The van der Waals surface area contributed by atoms with E-state index in [0.29, 0.717) is 22.6 Å². The average molecular weight is 242 g/mol. The van der Waals surface area contributed by atoms with E-state index in [9.17, 15) is 4.39 Å². The molecule has 0 amide bonds. The van der Waals surface area contributed by atoms with Gasteiger partial charge in [-0.1, -0.05) is 6.07 Å². The van der Waals surface area contributed by atoms with Gasteiger partial charge in [0.2, 0.25) is 0 Å². The van der Waals surface area contributed by atoms with Crippen molar-refractivity contribution >= 4 is 10.9 Å². The zero-order valence-corrected chi connectivity index (χ0v) is 10.1. The third-order valence-electron chi connectivity index (χ3n) is 2.80. The highest BCUT2D eigenvalue weighted by Gasteiger charge is 2.09. The minimum atomic E-state index is -0.277. The van der Waals surface area contributed by atoms with E-state index in [1.807, 2.05) is 6.92 Å². The van der Waals surface area contributed by atoms with Gasteiger partial charge in [-0.3, -0.25) is 4.98 Å². The molecular formula is C13H11FN4. The quantitative estimate of drug-likeness (QED) is 0.658. The maximum atomic E-state index is 13.7. The van der Waals surface area contributed by atoms with E-state index in [0.717, 1.165) is 5.56 Å². The predicted molar refractivity (Wildman–Crippen MR) is 66.4 cm³/mol. The SMILES string of the molecule is Cc1nc(-c2cnc3cccc(F)c3c2)n(C)n1. The molecule has 0 unspecified atom stereocenters. The fourth-order valence-corrected chi connectivity index (χ4v) is 2.00. The van der Waals surface area contributed by atoms with Gasteiger partial charge in [0, 0.05) is 24.2 Å². The number of rotatable bonds is 1. The van der Waals surface area contributed by atoms with Crippen LogP contribution in [0.3, 0.4) is 0 Å². The monoisotopic (exact) mass is 242 g/mol. The second-order valence-electron chi connectivity index (χ2n) is 4.14. The smallest absolute Gasteiger partial charge is 0.159 e. The Balaban J connectivity index is 2.25. The molecule has 2 heterocycles. The van der Waals surface area contributed by atoms with Crippen LogP contribution in [0.5, 0.6) is 0 Å². The lowest BCUT2D eigenvalue weighted by Gasteiger charge is -2.03. The van der Waals surface area contributed by atoms with E-state index >= 15 is 0 Å². The number of nitrogens with zero attached hydrogens (tertiary/aromatic N) is 4. The van der Waals surface area contributed by atoms with Gasteiger partial charge in [0.05, 0.1) is 5.52 Å². The van der Waals surface area contributed by atoms with Gasteiger partial charge in [-0.2, -0.15) is 5.10 Å². The largest absolute Gasteiger partial charge is 0.255 e. The first-order chi connectivity index (χ1) is 8.65. The normalized spacial score (nSPS) is 11.1. The van der Waals surface area contributed by atoms with Crippen molar-refractivity contribution in [1.29, 1.82) is 0 Å². The first kappa shape index (κ1) is 10.8. The number of aryl methyl sites for hydroxylation is 2. The summed E-state index contributed by atoms with van der Waals surface area (Å²) in [5.74, 6) is 1.09. The minimum absolute atomic E-state index is 0.277. The van der Waals surface area contributed by atoms with Gasteiger partial charge < -0.3 is 0 Å². The molecule has 0 radical (unpaired) electrons. The van der Waals surface area contributed by atoms with E-state index in [1.165, 1.54) is 6.07 Å². The molecule has 0 spiro atoms. The van der Waals surface area contributed by atoms with Crippen molar-refractivity contribution in [2.45, 2.75) is 6.92 Å². The summed E-state index contributed by atoms with van der Waals surface area (Å²) in [5.41, 5.74) is 1.40.